The highest BCUT2D eigenvalue weighted by molar-refractivity contribution is 5.43. The molecule has 6 heteroatoms. The summed E-state index contributed by atoms with van der Waals surface area (Å²) < 4.78 is 44.5. The minimum absolute atomic E-state index is 0.0551. The quantitative estimate of drug-likeness (QED) is 0.628. The van der Waals surface area contributed by atoms with Gasteiger partial charge < -0.3 is 15.2 Å². The van der Waals surface area contributed by atoms with Crippen LogP contribution >= 0.6 is 0 Å². The summed E-state index contributed by atoms with van der Waals surface area (Å²) in [6, 6.07) is 6.64. The van der Waals surface area contributed by atoms with Crippen LogP contribution in [0.15, 0.2) is 24.3 Å². The van der Waals surface area contributed by atoms with E-state index in [1.54, 1.807) is 24.3 Å². The topological polar surface area (TPSA) is 44.5 Å². The normalized spacial score (nSPS) is 11.4. The van der Waals surface area contributed by atoms with Gasteiger partial charge in [-0.2, -0.15) is 13.2 Å². The Morgan fingerprint density at radius 1 is 1.19 bits per heavy atom. The predicted molar refractivity (Wildman–Crippen MR) is 53.2 cm³/mol. The van der Waals surface area contributed by atoms with E-state index in [1.807, 2.05) is 0 Å². The third kappa shape index (κ3) is 5.45. The van der Waals surface area contributed by atoms with Crippen molar-refractivity contribution in [2.75, 3.05) is 25.6 Å². The largest absolute Gasteiger partial charge is 0.491 e. The first-order valence-corrected chi connectivity index (χ1v) is 4.60. The summed E-state index contributed by atoms with van der Waals surface area (Å²) in [7, 11) is 0. The van der Waals surface area contributed by atoms with E-state index in [9.17, 15) is 13.2 Å². The molecule has 90 valence electrons. The van der Waals surface area contributed by atoms with Crippen molar-refractivity contribution in [2.45, 2.75) is 6.18 Å². The number of anilines is 1. The first-order valence-electron chi connectivity index (χ1n) is 4.60. The van der Waals surface area contributed by atoms with Crippen molar-refractivity contribution in [1.29, 1.82) is 0 Å². The summed E-state index contributed by atoms with van der Waals surface area (Å²) in [4.78, 5) is 0. The lowest BCUT2D eigenvalue weighted by atomic mass is 10.3. The van der Waals surface area contributed by atoms with Crippen molar-refractivity contribution in [3.05, 3.63) is 24.3 Å². The smallest absolute Gasteiger partial charge is 0.411 e. The molecule has 0 saturated carbocycles. The Hall–Kier alpha value is -1.43. The second kappa shape index (κ2) is 5.60. The van der Waals surface area contributed by atoms with E-state index in [2.05, 4.69) is 4.74 Å². The molecule has 0 bridgehead atoms. The Kier molecular flexibility index (Phi) is 4.42. The van der Waals surface area contributed by atoms with Gasteiger partial charge in [-0.3, -0.25) is 0 Å². The van der Waals surface area contributed by atoms with Crippen LogP contribution in [-0.4, -0.2) is 26.0 Å². The van der Waals surface area contributed by atoms with Gasteiger partial charge in [-0.15, -0.1) is 0 Å². The fraction of sp³-hybridized carbons (Fsp3) is 0.400. The molecule has 1 aromatic carbocycles. The lowest BCUT2D eigenvalue weighted by Gasteiger charge is -2.09. The molecule has 0 aliphatic rings. The lowest BCUT2D eigenvalue weighted by molar-refractivity contribution is -0.175. The number of nitrogens with two attached hydrogens (primary N) is 1. The summed E-state index contributed by atoms with van der Waals surface area (Å²) in [5, 5.41) is 0. The third-order valence-corrected chi connectivity index (χ3v) is 1.62. The first-order chi connectivity index (χ1) is 7.47. The van der Waals surface area contributed by atoms with Crippen LogP contribution in [0, 0.1) is 0 Å². The number of rotatable bonds is 5. The van der Waals surface area contributed by atoms with E-state index in [0.717, 1.165) is 0 Å². The molecule has 0 aromatic heterocycles. The van der Waals surface area contributed by atoms with Crippen molar-refractivity contribution in [2.24, 2.45) is 0 Å². The van der Waals surface area contributed by atoms with Crippen LogP contribution in [0.3, 0.4) is 0 Å². The maximum Gasteiger partial charge on any atom is 0.411 e. The average molecular weight is 235 g/mol. The molecular weight excluding hydrogens is 223 g/mol. The van der Waals surface area contributed by atoms with Crippen molar-refractivity contribution in [1.82, 2.24) is 0 Å². The van der Waals surface area contributed by atoms with Gasteiger partial charge in [0.1, 0.15) is 19.0 Å². The lowest BCUT2D eigenvalue weighted by Crippen LogP contribution is -2.19. The number of hydrogen-bond acceptors (Lipinski definition) is 3. The van der Waals surface area contributed by atoms with Crippen LogP contribution in [0.2, 0.25) is 0 Å². The summed E-state index contributed by atoms with van der Waals surface area (Å²) in [5.74, 6) is 0.510. The van der Waals surface area contributed by atoms with Crippen molar-refractivity contribution < 1.29 is 22.6 Å². The first kappa shape index (κ1) is 12.6. The summed E-state index contributed by atoms with van der Waals surface area (Å²) in [5.41, 5.74) is 6.02. The van der Waals surface area contributed by atoms with E-state index >= 15 is 0 Å². The standard InChI is InChI=1S/C10H12F3NO2/c11-10(12,13)7-15-4-5-16-9-3-1-2-8(14)6-9/h1-3,6H,4-5,7,14H2. The van der Waals surface area contributed by atoms with Gasteiger partial charge in [0, 0.05) is 11.8 Å². The Bertz CT molecular complexity index is 328. The fourth-order valence-corrected chi connectivity index (χ4v) is 1.01. The van der Waals surface area contributed by atoms with Crippen molar-refractivity contribution in [3.8, 4) is 5.75 Å². The van der Waals surface area contributed by atoms with Crippen molar-refractivity contribution >= 4 is 5.69 Å². The van der Waals surface area contributed by atoms with Crippen molar-refractivity contribution in [3.63, 3.8) is 0 Å². The van der Waals surface area contributed by atoms with Gasteiger partial charge in [-0.1, -0.05) is 6.07 Å². The molecule has 2 N–H and O–H groups in total. The zero-order valence-corrected chi connectivity index (χ0v) is 8.46. The molecule has 0 fully saturated rings. The Balaban J connectivity index is 2.17. The van der Waals surface area contributed by atoms with E-state index in [1.165, 1.54) is 0 Å². The van der Waals surface area contributed by atoms with Crippen LogP contribution < -0.4 is 10.5 Å². The molecule has 0 heterocycles. The predicted octanol–water partition coefficient (Wildman–Crippen LogP) is 2.23. The molecule has 0 spiro atoms. The molecule has 1 rings (SSSR count). The van der Waals surface area contributed by atoms with Crippen LogP contribution in [0.25, 0.3) is 0 Å². The van der Waals surface area contributed by atoms with Gasteiger partial charge in [-0.25, -0.2) is 0 Å². The highest BCUT2D eigenvalue weighted by Crippen LogP contribution is 2.15. The number of hydrogen-bond donors (Lipinski definition) is 1. The minimum atomic E-state index is -4.29. The maximum atomic E-state index is 11.7. The Labute approximate surface area is 91.0 Å². The molecule has 0 saturated heterocycles. The molecule has 16 heavy (non-hydrogen) atoms. The number of ether oxygens (including phenoxy) is 2. The molecule has 0 unspecified atom stereocenters. The number of halogens is 3. The molecule has 0 aliphatic carbocycles. The summed E-state index contributed by atoms with van der Waals surface area (Å²) >= 11 is 0. The SMILES string of the molecule is Nc1cccc(OCCOCC(F)(F)F)c1. The Morgan fingerprint density at radius 3 is 2.56 bits per heavy atom. The average Bonchev–Trinajstić information content (AvgIpc) is 2.15. The van der Waals surface area contributed by atoms with Gasteiger partial charge in [0.05, 0.1) is 6.61 Å². The monoisotopic (exact) mass is 235 g/mol. The van der Waals surface area contributed by atoms with E-state index in [-0.39, 0.29) is 13.2 Å². The second-order valence-electron chi connectivity index (χ2n) is 3.09. The minimum Gasteiger partial charge on any atom is -0.491 e. The van der Waals surface area contributed by atoms with Gasteiger partial charge in [-0.05, 0) is 12.1 Å². The van der Waals surface area contributed by atoms with Gasteiger partial charge in [0.25, 0.3) is 0 Å². The Morgan fingerprint density at radius 2 is 1.94 bits per heavy atom. The van der Waals surface area contributed by atoms with Crippen LogP contribution in [0.1, 0.15) is 0 Å². The van der Waals surface area contributed by atoms with Gasteiger partial charge in [0.2, 0.25) is 0 Å². The highest BCUT2D eigenvalue weighted by Gasteiger charge is 2.27. The zero-order chi connectivity index (χ0) is 12.0. The summed E-state index contributed by atoms with van der Waals surface area (Å²) in [6.45, 7) is -1.32. The third-order valence-electron chi connectivity index (χ3n) is 1.62. The molecule has 0 atom stereocenters. The maximum absolute atomic E-state index is 11.7. The molecule has 1 aromatic rings. The van der Waals surface area contributed by atoms with E-state index < -0.39 is 12.8 Å². The van der Waals surface area contributed by atoms with E-state index in [0.29, 0.717) is 11.4 Å². The number of nitrogen functional groups attached to an aromatic ring is 1. The van der Waals surface area contributed by atoms with Crippen LogP contribution in [0.5, 0.6) is 5.75 Å². The van der Waals surface area contributed by atoms with Gasteiger partial charge >= 0.3 is 6.18 Å². The number of benzene rings is 1. The van der Waals surface area contributed by atoms with E-state index in [4.69, 9.17) is 10.5 Å². The molecular formula is C10H12F3NO2. The second-order valence-corrected chi connectivity index (χ2v) is 3.09. The number of alkyl halides is 3. The highest BCUT2D eigenvalue weighted by atomic mass is 19.4. The van der Waals surface area contributed by atoms with Gasteiger partial charge in [0.15, 0.2) is 0 Å². The molecule has 0 aliphatic heterocycles. The zero-order valence-electron chi connectivity index (χ0n) is 8.46. The summed E-state index contributed by atoms with van der Waals surface area (Å²) in [6.07, 6.45) is -4.29. The fourth-order valence-electron chi connectivity index (χ4n) is 1.01. The molecule has 3 nitrogen and oxygen atoms in total. The molecule has 0 amide bonds. The van der Waals surface area contributed by atoms with Crippen LogP contribution in [0.4, 0.5) is 18.9 Å². The molecule has 0 radical (unpaired) electrons. The van der Waals surface area contributed by atoms with Crippen LogP contribution in [-0.2, 0) is 4.74 Å².